The van der Waals surface area contributed by atoms with Crippen molar-refractivity contribution in [3.8, 4) is 17.1 Å². The first-order valence-electron chi connectivity index (χ1n) is 7.27. The van der Waals surface area contributed by atoms with Crippen LogP contribution in [0.5, 0.6) is 5.88 Å². The van der Waals surface area contributed by atoms with E-state index in [1.54, 1.807) is 12.2 Å². The molecule has 1 amide bonds. The molecule has 114 valence electrons. The van der Waals surface area contributed by atoms with Crippen molar-refractivity contribution in [2.45, 2.75) is 6.92 Å². The van der Waals surface area contributed by atoms with Crippen molar-refractivity contribution in [3.05, 3.63) is 77.9 Å². The number of nitrogens with zero attached hydrogens (tertiary/aromatic N) is 1. The van der Waals surface area contributed by atoms with E-state index in [-0.39, 0.29) is 11.8 Å². The number of hydrogen-bond donors (Lipinski definition) is 2. The number of hydrogen-bond acceptors (Lipinski definition) is 2. The minimum atomic E-state index is -0.357. The summed E-state index contributed by atoms with van der Waals surface area (Å²) in [5.74, 6) is -0.409. The first kappa shape index (κ1) is 14.8. The molecular formula is C19H16N2O2. The van der Waals surface area contributed by atoms with Crippen LogP contribution in [0.1, 0.15) is 22.8 Å². The van der Waals surface area contributed by atoms with E-state index in [4.69, 9.17) is 0 Å². The summed E-state index contributed by atoms with van der Waals surface area (Å²) in [5.41, 5.74) is 3.44. The van der Waals surface area contributed by atoms with Crippen LogP contribution < -0.4 is 0 Å². The van der Waals surface area contributed by atoms with Gasteiger partial charge in [-0.05, 0) is 12.5 Å². The van der Waals surface area contributed by atoms with E-state index in [0.717, 1.165) is 11.1 Å². The summed E-state index contributed by atoms with van der Waals surface area (Å²) >= 11 is 0. The zero-order valence-corrected chi connectivity index (χ0v) is 12.7. The number of aromatic amines is 1. The Morgan fingerprint density at radius 1 is 1.26 bits per heavy atom. The summed E-state index contributed by atoms with van der Waals surface area (Å²) in [7, 11) is 0. The Hall–Kier alpha value is -3.14. The Kier molecular flexibility index (Phi) is 3.81. The second-order valence-corrected chi connectivity index (χ2v) is 5.09. The molecule has 1 aliphatic heterocycles. The van der Waals surface area contributed by atoms with Crippen molar-refractivity contribution < 1.29 is 9.90 Å². The van der Waals surface area contributed by atoms with E-state index in [0.29, 0.717) is 22.5 Å². The Labute approximate surface area is 134 Å². The number of amides is 1. The van der Waals surface area contributed by atoms with Crippen molar-refractivity contribution in [1.82, 2.24) is 4.98 Å². The summed E-state index contributed by atoms with van der Waals surface area (Å²) in [6.07, 6.45) is 7.07. The number of aromatic hydroxyl groups is 1. The van der Waals surface area contributed by atoms with Gasteiger partial charge in [-0.2, -0.15) is 0 Å². The number of benzene rings is 1. The summed E-state index contributed by atoms with van der Waals surface area (Å²) < 4.78 is 0. The van der Waals surface area contributed by atoms with Gasteiger partial charge >= 0.3 is 0 Å². The molecule has 0 aliphatic carbocycles. The summed E-state index contributed by atoms with van der Waals surface area (Å²) in [6, 6.07) is 9.41. The minimum Gasteiger partial charge on any atom is -0.494 e. The van der Waals surface area contributed by atoms with Gasteiger partial charge in [0, 0.05) is 5.57 Å². The first-order chi connectivity index (χ1) is 11.2. The molecule has 1 aromatic carbocycles. The molecule has 23 heavy (non-hydrogen) atoms. The molecule has 2 aromatic rings. The SMILES string of the molecule is C=C/C=C(\C=C/C)C1=NC(=O)c2c(-c3ccccc3)[nH]c(O)c21. The number of aromatic nitrogens is 1. The predicted molar refractivity (Wildman–Crippen MR) is 91.9 cm³/mol. The van der Waals surface area contributed by atoms with Crippen LogP contribution in [0.2, 0.25) is 0 Å². The van der Waals surface area contributed by atoms with E-state index in [9.17, 15) is 9.90 Å². The fourth-order valence-corrected chi connectivity index (χ4v) is 2.69. The van der Waals surface area contributed by atoms with Gasteiger partial charge in [-0.3, -0.25) is 4.79 Å². The maximum absolute atomic E-state index is 12.4. The van der Waals surface area contributed by atoms with Crippen molar-refractivity contribution >= 4 is 11.6 Å². The summed E-state index contributed by atoms with van der Waals surface area (Å²) in [6.45, 7) is 5.56. The van der Waals surface area contributed by atoms with Crippen LogP contribution in [0.15, 0.2) is 71.8 Å². The molecule has 0 saturated carbocycles. The maximum atomic E-state index is 12.4. The monoisotopic (exact) mass is 304 g/mol. The lowest BCUT2D eigenvalue weighted by Gasteiger charge is -2.01. The van der Waals surface area contributed by atoms with Gasteiger partial charge in [-0.1, -0.05) is 61.2 Å². The molecule has 0 spiro atoms. The van der Waals surface area contributed by atoms with E-state index >= 15 is 0 Å². The van der Waals surface area contributed by atoms with Crippen LogP contribution in [-0.2, 0) is 0 Å². The highest BCUT2D eigenvalue weighted by atomic mass is 16.3. The number of rotatable bonds is 4. The molecule has 4 heteroatoms. The molecule has 0 fully saturated rings. The summed E-state index contributed by atoms with van der Waals surface area (Å²) in [4.78, 5) is 19.4. The molecule has 3 rings (SSSR count). The standard InChI is InChI=1S/C19H16N2O2/c1-3-8-12(9-4-2)16-14-15(19(23)20-16)17(21-18(14)22)13-10-6-5-7-11-13/h3-11,21-22H,1H2,2H3/b9-4-,12-8+. The van der Waals surface area contributed by atoms with Crippen molar-refractivity contribution in [3.63, 3.8) is 0 Å². The summed E-state index contributed by atoms with van der Waals surface area (Å²) in [5, 5.41) is 10.3. The fourth-order valence-electron chi connectivity index (χ4n) is 2.69. The highest BCUT2D eigenvalue weighted by Crippen LogP contribution is 2.37. The zero-order chi connectivity index (χ0) is 16.4. The average Bonchev–Trinajstić information content (AvgIpc) is 3.07. The topological polar surface area (TPSA) is 65.5 Å². The van der Waals surface area contributed by atoms with Gasteiger partial charge in [0.1, 0.15) is 0 Å². The Balaban J connectivity index is 2.19. The predicted octanol–water partition coefficient (Wildman–Crippen LogP) is 4.02. The number of nitrogens with one attached hydrogen (secondary N) is 1. The lowest BCUT2D eigenvalue weighted by molar-refractivity contribution is 0.101. The molecule has 0 bridgehead atoms. The normalized spacial score (nSPS) is 14.2. The second-order valence-electron chi connectivity index (χ2n) is 5.09. The molecule has 0 unspecified atom stereocenters. The second kappa shape index (κ2) is 5.93. The number of fused-ring (bicyclic) bond motifs is 1. The van der Waals surface area contributed by atoms with E-state index in [2.05, 4.69) is 16.6 Å². The highest BCUT2D eigenvalue weighted by molar-refractivity contribution is 6.31. The third-order valence-electron chi connectivity index (χ3n) is 3.62. The van der Waals surface area contributed by atoms with Gasteiger partial charge in [0.15, 0.2) is 5.88 Å². The Morgan fingerprint density at radius 2 is 2.00 bits per heavy atom. The average molecular weight is 304 g/mol. The quantitative estimate of drug-likeness (QED) is 0.838. The molecule has 1 aromatic heterocycles. The third-order valence-corrected chi connectivity index (χ3v) is 3.62. The largest absolute Gasteiger partial charge is 0.494 e. The zero-order valence-electron chi connectivity index (χ0n) is 12.7. The Morgan fingerprint density at radius 3 is 2.65 bits per heavy atom. The number of carbonyl (C=O) groups excluding carboxylic acids is 1. The van der Waals surface area contributed by atoms with Crippen LogP contribution in [-0.4, -0.2) is 21.7 Å². The van der Waals surface area contributed by atoms with Gasteiger partial charge in [-0.15, -0.1) is 0 Å². The van der Waals surface area contributed by atoms with E-state index in [1.165, 1.54) is 0 Å². The number of H-pyrrole nitrogens is 1. The molecule has 0 atom stereocenters. The lowest BCUT2D eigenvalue weighted by Crippen LogP contribution is -2.00. The fraction of sp³-hybridized carbons (Fsp3) is 0.0526. The van der Waals surface area contributed by atoms with Crippen molar-refractivity contribution in [1.29, 1.82) is 0 Å². The van der Waals surface area contributed by atoms with Crippen LogP contribution in [0, 0.1) is 0 Å². The molecule has 1 aliphatic rings. The lowest BCUT2D eigenvalue weighted by atomic mass is 9.99. The van der Waals surface area contributed by atoms with Gasteiger partial charge < -0.3 is 10.1 Å². The highest BCUT2D eigenvalue weighted by Gasteiger charge is 2.33. The van der Waals surface area contributed by atoms with Crippen molar-refractivity contribution in [2.24, 2.45) is 4.99 Å². The number of aliphatic imine (C=N–C) groups is 1. The van der Waals surface area contributed by atoms with Crippen LogP contribution >= 0.6 is 0 Å². The van der Waals surface area contributed by atoms with E-state index in [1.807, 2.05) is 49.4 Å². The van der Waals surface area contributed by atoms with Crippen LogP contribution in [0.3, 0.4) is 0 Å². The van der Waals surface area contributed by atoms with Crippen LogP contribution in [0.25, 0.3) is 11.3 Å². The molecular weight excluding hydrogens is 288 g/mol. The number of carbonyl (C=O) groups is 1. The minimum absolute atomic E-state index is 0.0529. The molecule has 0 radical (unpaired) electrons. The molecule has 2 heterocycles. The van der Waals surface area contributed by atoms with Gasteiger partial charge in [0.2, 0.25) is 0 Å². The van der Waals surface area contributed by atoms with Crippen LogP contribution in [0.4, 0.5) is 0 Å². The smallest absolute Gasteiger partial charge is 0.280 e. The van der Waals surface area contributed by atoms with Gasteiger partial charge in [-0.25, -0.2) is 4.99 Å². The third kappa shape index (κ3) is 2.44. The Bertz CT molecular complexity index is 868. The molecule has 2 N–H and O–H groups in total. The van der Waals surface area contributed by atoms with Crippen molar-refractivity contribution in [2.75, 3.05) is 0 Å². The molecule has 4 nitrogen and oxygen atoms in total. The van der Waals surface area contributed by atoms with Gasteiger partial charge in [0.05, 0.1) is 22.5 Å². The molecule has 0 saturated heterocycles. The van der Waals surface area contributed by atoms with E-state index < -0.39 is 0 Å². The maximum Gasteiger partial charge on any atom is 0.280 e. The van der Waals surface area contributed by atoms with Gasteiger partial charge in [0.25, 0.3) is 5.91 Å². The number of allylic oxidation sites excluding steroid dienone is 5. The first-order valence-corrected chi connectivity index (χ1v) is 7.27.